The number of rotatable bonds is 6. The van der Waals surface area contributed by atoms with E-state index in [2.05, 4.69) is 0 Å². The Hall–Kier alpha value is -3.08. The Balaban J connectivity index is 1.84. The lowest BCUT2D eigenvalue weighted by molar-refractivity contribution is -0.155. The predicted octanol–water partition coefficient (Wildman–Crippen LogP) is 4.57. The van der Waals surface area contributed by atoms with Crippen molar-refractivity contribution in [3.8, 4) is 16.9 Å². The Kier molecular flexibility index (Phi) is 5.60. The predicted molar refractivity (Wildman–Crippen MR) is 104 cm³/mol. The van der Waals surface area contributed by atoms with E-state index in [4.69, 9.17) is 13.9 Å². The second kappa shape index (κ2) is 8.08. The van der Waals surface area contributed by atoms with Crippen molar-refractivity contribution in [1.82, 2.24) is 0 Å². The van der Waals surface area contributed by atoms with E-state index in [0.717, 1.165) is 12.0 Å². The van der Waals surface area contributed by atoms with Crippen molar-refractivity contribution in [2.24, 2.45) is 0 Å². The third-order valence-electron chi connectivity index (χ3n) is 4.37. The quantitative estimate of drug-likeness (QED) is 0.598. The van der Waals surface area contributed by atoms with E-state index in [-0.39, 0.29) is 11.5 Å². The van der Waals surface area contributed by atoms with Gasteiger partial charge in [-0.05, 0) is 38.0 Å². The molecule has 0 fully saturated rings. The number of carbonyl (C=O) groups excluding carboxylic acids is 1. The molecule has 3 aromatic rings. The number of benzene rings is 2. The number of ether oxygens (including phenoxy) is 2. The fraction of sp³-hybridized carbons (Fsp3) is 0.273. The molecule has 1 aromatic heterocycles. The fourth-order valence-corrected chi connectivity index (χ4v) is 2.63. The Morgan fingerprint density at radius 1 is 1.11 bits per heavy atom. The van der Waals surface area contributed by atoms with Gasteiger partial charge in [0.1, 0.15) is 17.6 Å². The van der Waals surface area contributed by atoms with E-state index >= 15 is 0 Å². The average molecular weight is 366 g/mol. The molecule has 140 valence electrons. The molecular formula is C22H22O5. The molecule has 0 radical (unpaired) electrons. The zero-order chi connectivity index (χ0) is 19.4. The first-order valence-electron chi connectivity index (χ1n) is 8.97. The van der Waals surface area contributed by atoms with E-state index in [0.29, 0.717) is 22.3 Å². The van der Waals surface area contributed by atoms with Crippen LogP contribution < -0.4 is 10.2 Å². The van der Waals surface area contributed by atoms with E-state index < -0.39 is 12.1 Å². The molecule has 3 rings (SSSR count). The summed E-state index contributed by atoms with van der Waals surface area (Å²) in [4.78, 5) is 24.8. The monoisotopic (exact) mass is 366 g/mol. The van der Waals surface area contributed by atoms with Crippen LogP contribution in [0, 0.1) is 0 Å². The van der Waals surface area contributed by atoms with Gasteiger partial charge in [-0.15, -0.1) is 0 Å². The first-order chi connectivity index (χ1) is 13.0. The third kappa shape index (κ3) is 4.19. The summed E-state index contributed by atoms with van der Waals surface area (Å²) in [5.41, 5.74) is 1.59. The molecule has 1 heterocycles. The molecule has 0 unspecified atom stereocenters. The highest BCUT2D eigenvalue weighted by molar-refractivity contribution is 5.82. The van der Waals surface area contributed by atoms with Gasteiger partial charge in [0.15, 0.2) is 11.5 Å². The highest BCUT2D eigenvalue weighted by Crippen LogP contribution is 2.23. The molecule has 0 spiro atoms. The molecule has 0 N–H and O–H groups in total. The molecule has 5 nitrogen and oxygen atoms in total. The van der Waals surface area contributed by atoms with Crippen LogP contribution in [0.3, 0.4) is 0 Å². The van der Waals surface area contributed by atoms with Gasteiger partial charge in [-0.2, -0.15) is 0 Å². The van der Waals surface area contributed by atoms with Crippen molar-refractivity contribution >= 4 is 16.9 Å². The highest BCUT2D eigenvalue weighted by atomic mass is 16.6. The molecule has 5 heteroatoms. The van der Waals surface area contributed by atoms with Gasteiger partial charge in [-0.3, -0.25) is 4.79 Å². The summed E-state index contributed by atoms with van der Waals surface area (Å²) in [7, 11) is 0. The van der Waals surface area contributed by atoms with Crippen LogP contribution in [0.1, 0.15) is 27.2 Å². The third-order valence-corrected chi connectivity index (χ3v) is 4.37. The second-order valence-corrected chi connectivity index (χ2v) is 6.42. The molecule has 0 amide bonds. The van der Waals surface area contributed by atoms with Crippen LogP contribution in [0.5, 0.6) is 5.75 Å². The van der Waals surface area contributed by atoms with Crippen molar-refractivity contribution in [2.45, 2.75) is 39.4 Å². The molecule has 2 aromatic carbocycles. The zero-order valence-corrected chi connectivity index (χ0v) is 15.6. The molecule has 0 saturated carbocycles. The second-order valence-electron chi connectivity index (χ2n) is 6.42. The smallest absolute Gasteiger partial charge is 0.347 e. The summed E-state index contributed by atoms with van der Waals surface area (Å²) in [5.74, 6) is 0.0111. The molecule has 0 aliphatic rings. The maximum atomic E-state index is 12.8. The van der Waals surface area contributed by atoms with Crippen LogP contribution in [-0.4, -0.2) is 18.2 Å². The fourth-order valence-electron chi connectivity index (χ4n) is 2.63. The van der Waals surface area contributed by atoms with Crippen molar-refractivity contribution < 1.29 is 18.7 Å². The lowest BCUT2D eigenvalue weighted by atomic mass is 10.1. The minimum absolute atomic E-state index is 0.113. The Labute approximate surface area is 157 Å². The Morgan fingerprint density at radius 2 is 1.85 bits per heavy atom. The molecule has 0 saturated heterocycles. The lowest BCUT2D eigenvalue weighted by Crippen LogP contribution is -2.29. The maximum absolute atomic E-state index is 12.8. The van der Waals surface area contributed by atoms with Crippen molar-refractivity contribution in [2.75, 3.05) is 0 Å². The molecule has 0 bridgehead atoms. The van der Waals surface area contributed by atoms with Crippen LogP contribution in [0.15, 0.2) is 64.0 Å². The number of hydrogen-bond acceptors (Lipinski definition) is 5. The first-order valence-corrected chi connectivity index (χ1v) is 8.97. The van der Waals surface area contributed by atoms with Gasteiger partial charge in [0.25, 0.3) is 0 Å². The molecule has 0 aliphatic carbocycles. The molecular weight excluding hydrogens is 344 g/mol. The minimum Gasteiger partial charge on any atom is -0.479 e. The van der Waals surface area contributed by atoms with Gasteiger partial charge in [-0.1, -0.05) is 37.3 Å². The van der Waals surface area contributed by atoms with E-state index in [1.165, 1.54) is 6.26 Å². The van der Waals surface area contributed by atoms with Crippen molar-refractivity contribution in [3.05, 3.63) is 65.0 Å². The highest BCUT2D eigenvalue weighted by Gasteiger charge is 2.19. The van der Waals surface area contributed by atoms with Crippen molar-refractivity contribution in [1.29, 1.82) is 0 Å². The normalized spacial score (nSPS) is 13.1. The van der Waals surface area contributed by atoms with E-state index in [1.54, 1.807) is 25.1 Å². The Morgan fingerprint density at radius 3 is 2.56 bits per heavy atom. The Bertz CT molecular complexity index is 991. The molecule has 2 atom stereocenters. The summed E-state index contributed by atoms with van der Waals surface area (Å²) < 4.78 is 16.6. The van der Waals surface area contributed by atoms with Gasteiger partial charge < -0.3 is 13.9 Å². The van der Waals surface area contributed by atoms with Gasteiger partial charge in [-0.25, -0.2) is 4.79 Å². The van der Waals surface area contributed by atoms with Crippen molar-refractivity contribution in [3.63, 3.8) is 0 Å². The van der Waals surface area contributed by atoms with Crippen LogP contribution in [0.2, 0.25) is 0 Å². The van der Waals surface area contributed by atoms with Crippen LogP contribution in [-0.2, 0) is 9.53 Å². The topological polar surface area (TPSA) is 65.7 Å². The largest absolute Gasteiger partial charge is 0.479 e. The van der Waals surface area contributed by atoms with E-state index in [9.17, 15) is 9.59 Å². The number of hydrogen-bond donors (Lipinski definition) is 0. The van der Waals surface area contributed by atoms with Gasteiger partial charge >= 0.3 is 5.97 Å². The zero-order valence-electron chi connectivity index (χ0n) is 15.6. The molecule has 0 aliphatic heterocycles. The average Bonchev–Trinajstić information content (AvgIpc) is 2.68. The standard InChI is InChI=1S/C22H22O5/c1-4-14(2)26-22(24)15(3)27-17-10-11-18-20(12-17)25-13-19(21(18)23)16-8-6-5-7-9-16/h5-15H,4H2,1-3H3/t14-,15-/m1/s1. The first kappa shape index (κ1) is 18.7. The van der Waals surface area contributed by atoms with Gasteiger partial charge in [0, 0.05) is 6.07 Å². The number of carbonyl (C=O) groups is 1. The van der Waals surface area contributed by atoms with Crippen LogP contribution in [0.4, 0.5) is 0 Å². The summed E-state index contributed by atoms with van der Waals surface area (Å²) in [6.07, 6.45) is 1.27. The summed E-state index contributed by atoms with van der Waals surface area (Å²) in [6, 6.07) is 14.3. The summed E-state index contributed by atoms with van der Waals surface area (Å²) in [6.45, 7) is 5.40. The minimum atomic E-state index is -0.758. The SMILES string of the molecule is CC[C@@H](C)OC(=O)[C@@H](C)Oc1ccc2c(=O)c(-c3ccccc3)coc2c1. The van der Waals surface area contributed by atoms with E-state index in [1.807, 2.05) is 44.2 Å². The number of esters is 1. The van der Waals surface area contributed by atoms with Crippen LogP contribution >= 0.6 is 0 Å². The number of fused-ring (bicyclic) bond motifs is 1. The summed E-state index contributed by atoms with van der Waals surface area (Å²) >= 11 is 0. The van der Waals surface area contributed by atoms with Gasteiger partial charge in [0.2, 0.25) is 0 Å². The van der Waals surface area contributed by atoms with Gasteiger partial charge in [0.05, 0.1) is 17.1 Å². The summed E-state index contributed by atoms with van der Waals surface area (Å²) in [5, 5.41) is 0.457. The molecule has 27 heavy (non-hydrogen) atoms. The maximum Gasteiger partial charge on any atom is 0.347 e. The lowest BCUT2D eigenvalue weighted by Gasteiger charge is -2.17. The van der Waals surface area contributed by atoms with Crippen LogP contribution in [0.25, 0.3) is 22.1 Å².